The number of hydrogen-bond donors (Lipinski definition) is 0. The highest BCUT2D eigenvalue weighted by atomic mass is 16.1. The molecule has 1 aromatic carbocycles. The van der Waals surface area contributed by atoms with Crippen molar-refractivity contribution in [2.45, 2.75) is 6.54 Å². The first-order valence-corrected chi connectivity index (χ1v) is 5.45. The summed E-state index contributed by atoms with van der Waals surface area (Å²) in [6.07, 6.45) is 4.43. The second-order valence-electron chi connectivity index (χ2n) is 3.89. The Morgan fingerprint density at radius 1 is 1.18 bits per heavy atom. The number of carbonyl (C=O) groups is 1. The van der Waals surface area contributed by atoms with E-state index in [0.29, 0.717) is 5.56 Å². The number of anilines is 1. The summed E-state index contributed by atoms with van der Waals surface area (Å²) in [5.41, 5.74) is 2.83. The monoisotopic (exact) mass is 226 g/mol. The zero-order valence-corrected chi connectivity index (χ0v) is 9.71. The Kier molecular flexibility index (Phi) is 3.50. The third-order valence-electron chi connectivity index (χ3n) is 2.64. The molecule has 0 aliphatic heterocycles. The Balaban J connectivity index is 2.20. The van der Waals surface area contributed by atoms with Gasteiger partial charge in [0, 0.05) is 37.2 Å². The Bertz CT molecular complexity index is 497. The number of rotatable bonds is 4. The first-order valence-electron chi connectivity index (χ1n) is 5.45. The molecular formula is C14H14N2O. The van der Waals surface area contributed by atoms with Crippen LogP contribution in [0.5, 0.6) is 0 Å². The summed E-state index contributed by atoms with van der Waals surface area (Å²) in [5.74, 6) is 0. The molecule has 0 bridgehead atoms. The maximum Gasteiger partial charge on any atom is 0.152 e. The molecule has 0 atom stereocenters. The minimum absolute atomic E-state index is 0.712. The molecule has 2 rings (SSSR count). The smallest absolute Gasteiger partial charge is 0.152 e. The van der Waals surface area contributed by atoms with E-state index in [0.717, 1.165) is 18.5 Å². The number of pyridine rings is 1. The Morgan fingerprint density at radius 3 is 2.59 bits per heavy atom. The largest absolute Gasteiger partial charge is 0.370 e. The lowest BCUT2D eigenvalue weighted by atomic mass is 10.1. The highest BCUT2D eigenvalue weighted by molar-refractivity contribution is 5.84. The minimum atomic E-state index is 0.712. The summed E-state index contributed by atoms with van der Waals surface area (Å²) in [5, 5.41) is 0. The fourth-order valence-electron chi connectivity index (χ4n) is 1.78. The molecule has 1 heterocycles. The SMILES string of the molecule is CN(Cc1ccncc1)c1ccccc1C=O. The van der Waals surface area contributed by atoms with Gasteiger partial charge in [-0.25, -0.2) is 0 Å². The number of carbonyl (C=O) groups excluding carboxylic acids is 1. The first-order chi connectivity index (χ1) is 8.31. The molecule has 1 aromatic heterocycles. The number of hydrogen-bond acceptors (Lipinski definition) is 3. The van der Waals surface area contributed by atoms with E-state index in [1.54, 1.807) is 12.4 Å². The second kappa shape index (κ2) is 5.25. The summed E-state index contributed by atoms with van der Waals surface area (Å²) < 4.78 is 0. The third kappa shape index (κ3) is 2.69. The van der Waals surface area contributed by atoms with Crippen molar-refractivity contribution >= 4 is 12.0 Å². The van der Waals surface area contributed by atoms with E-state index in [9.17, 15) is 4.79 Å². The summed E-state index contributed by atoms with van der Waals surface area (Å²) in [4.78, 5) is 17.0. The van der Waals surface area contributed by atoms with Crippen LogP contribution in [-0.2, 0) is 6.54 Å². The average molecular weight is 226 g/mol. The molecule has 0 saturated heterocycles. The molecule has 0 saturated carbocycles. The van der Waals surface area contributed by atoms with Gasteiger partial charge >= 0.3 is 0 Å². The first kappa shape index (κ1) is 11.3. The predicted octanol–water partition coefficient (Wildman–Crippen LogP) is 2.53. The van der Waals surface area contributed by atoms with Gasteiger partial charge in [-0.15, -0.1) is 0 Å². The lowest BCUT2D eigenvalue weighted by molar-refractivity contribution is 0.112. The van der Waals surface area contributed by atoms with Gasteiger partial charge in [0.2, 0.25) is 0 Å². The van der Waals surface area contributed by atoms with E-state index < -0.39 is 0 Å². The van der Waals surface area contributed by atoms with Crippen molar-refractivity contribution in [2.75, 3.05) is 11.9 Å². The van der Waals surface area contributed by atoms with Crippen LogP contribution in [-0.4, -0.2) is 18.3 Å². The average Bonchev–Trinajstić information content (AvgIpc) is 2.40. The van der Waals surface area contributed by atoms with Crippen LogP contribution in [0.15, 0.2) is 48.8 Å². The van der Waals surface area contributed by atoms with Crippen LogP contribution < -0.4 is 4.90 Å². The molecule has 86 valence electrons. The van der Waals surface area contributed by atoms with E-state index in [2.05, 4.69) is 9.88 Å². The van der Waals surface area contributed by atoms with Gasteiger partial charge in [-0.05, 0) is 29.8 Å². The summed E-state index contributed by atoms with van der Waals surface area (Å²) in [7, 11) is 1.97. The van der Waals surface area contributed by atoms with E-state index >= 15 is 0 Å². The molecule has 0 aliphatic carbocycles. The van der Waals surface area contributed by atoms with E-state index in [-0.39, 0.29) is 0 Å². The third-order valence-corrected chi connectivity index (χ3v) is 2.64. The number of benzene rings is 1. The second-order valence-corrected chi connectivity index (χ2v) is 3.89. The van der Waals surface area contributed by atoms with Crippen LogP contribution in [0.2, 0.25) is 0 Å². The van der Waals surface area contributed by atoms with Crippen LogP contribution in [0.4, 0.5) is 5.69 Å². The lowest BCUT2D eigenvalue weighted by Crippen LogP contribution is -2.17. The Morgan fingerprint density at radius 2 is 1.88 bits per heavy atom. The topological polar surface area (TPSA) is 33.2 Å². The predicted molar refractivity (Wildman–Crippen MR) is 68.2 cm³/mol. The van der Waals surface area contributed by atoms with Gasteiger partial charge in [0.1, 0.15) is 0 Å². The number of aldehydes is 1. The van der Waals surface area contributed by atoms with Crippen molar-refractivity contribution in [1.29, 1.82) is 0 Å². The molecule has 17 heavy (non-hydrogen) atoms. The Labute approximate surface area is 101 Å². The van der Waals surface area contributed by atoms with Gasteiger partial charge in [-0.3, -0.25) is 9.78 Å². The molecule has 3 nitrogen and oxygen atoms in total. The van der Waals surface area contributed by atoms with Crippen LogP contribution >= 0.6 is 0 Å². The fraction of sp³-hybridized carbons (Fsp3) is 0.143. The number of nitrogens with zero attached hydrogens (tertiary/aromatic N) is 2. The van der Waals surface area contributed by atoms with Crippen LogP contribution in [0.3, 0.4) is 0 Å². The molecule has 2 aromatic rings. The molecule has 3 heteroatoms. The number of aromatic nitrogens is 1. The van der Waals surface area contributed by atoms with Gasteiger partial charge in [0.15, 0.2) is 6.29 Å². The fourth-order valence-corrected chi connectivity index (χ4v) is 1.78. The number of para-hydroxylation sites is 1. The highest BCUT2D eigenvalue weighted by Gasteiger charge is 2.06. The molecule has 0 aliphatic rings. The molecule has 0 spiro atoms. The summed E-state index contributed by atoms with van der Waals surface area (Å²) >= 11 is 0. The molecule has 0 fully saturated rings. The highest BCUT2D eigenvalue weighted by Crippen LogP contribution is 2.19. The van der Waals surface area contributed by atoms with Gasteiger partial charge in [-0.1, -0.05) is 12.1 Å². The van der Waals surface area contributed by atoms with E-state index in [1.807, 2.05) is 43.4 Å². The molecular weight excluding hydrogens is 212 g/mol. The zero-order valence-electron chi connectivity index (χ0n) is 9.71. The van der Waals surface area contributed by atoms with Crippen molar-refractivity contribution in [3.63, 3.8) is 0 Å². The van der Waals surface area contributed by atoms with Gasteiger partial charge < -0.3 is 4.90 Å². The molecule has 0 amide bonds. The molecule has 0 radical (unpaired) electrons. The summed E-state index contributed by atoms with van der Waals surface area (Å²) in [6, 6.07) is 11.5. The van der Waals surface area contributed by atoms with Gasteiger partial charge in [-0.2, -0.15) is 0 Å². The van der Waals surface area contributed by atoms with Crippen molar-refractivity contribution in [3.05, 3.63) is 59.9 Å². The zero-order chi connectivity index (χ0) is 12.1. The van der Waals surface area contributed by atoms with Crippen LogP contribution in [0, 0.1) is 0 Å². The van der Waals surface area contributed by atoms with Crippen LogP contribution in [0.25, 0.3) is 0 Å². The van der Waals surface area contributed by atoms with E-state index in [1.165, 1.54) is 5.56 Å². The maximum absolute atomic E-state index is 10.9. The molecule has 0 N–H and O–H groups in total. The van der Waals surface area contributed by atoms with Crippen molar-refractivity contribution in [2.24, 2.45) is 0 Å². The van der Waals surface area contributed by atoms with Crippen LogP contribution in [0.1, 0.15) is 15.9 Å². The standard InChI is InChI=1S/C14H14N2O/c1-16(10-12-6-8-15-9-7-12)14-5-3-2-4-13(14)11-17/h2-9,11H,10H2,1H3. The van der Waals surface area contributed by atoms with Gasteiger partial charge in [0.25, 0.3) is 0 Å². The molecule has 0 unspecified atom stereocenters. The van der Waals surface area contributed by atoms with E-state index in [4.69, 9.17) is 0 Å². The normalized spacial score (nSPS) is 9.94. The maximum atomic E-state index is 10.9. The summed E-state index contributed by atoms with van der Waals surface area (Å²) in [6.45, 7) is 0.757. The van der Waals surface area contributed by atoms with Crippen molar-refractivity contribution in [3.8, 4) is 0 Å². The minimum Gasteiger partial charge on any atom is -0.370 e. The van der Waals surface area contributed by atoms with Gasteiger partial charge in [0.05, 0.1) is 0 Å². The quantitative estimate of drug-likeness (QED) is 0.751. The lowest BCUT2D eigenvalue weighted by Gasteiger charge is -2.20. The van der Waals surface area contributed by atoms with Crippen molar-refractivity contribution < 1.29 is 4.79 Å². The Hall–Kier alpha value is -2.16. The van der Waals surface area contributed by atoms with Crippen molar-refractivity contribution in [1.82, 2.24) is 4.98 Å².